The number of anilines is 1. The van der Waals surface area contributed by atoms with Crippen molar-refractivity contribution < 1.29 is 14.3 Å². The number of benzene rings is 2. The van der Waals surface area contributed by atoms with Crippen LogP contribution in [0, 0.1) is 5.92 Å². The van der Waals surface area contributed by atoms with E-state index in [0.29, 0.717) is 18.1 Å². The molecule has 0 aliphatic heterocycles. The molecule has 31 heavy (non-hydrogen) atoms. The lowest BCUT2D eigenvalue weighted by molar-refractivity contribution is 0.0977. The van der Waals surface area contributed by atoms with Gasteiger partial charge in [-0.25, -0.2) is 0 Å². The topological polar surface area (TPSA) is 59.6 Å². The van der Waals surface area contributed by atoms with Crippen LogP contribution in [-0.2, 0) is 0 Å². The highest BCUT2D eigenvalue weighted by Gasteiger charge is 2.09. The van der Waals surface area contributed by atoms with Gasteiger partial charge < -0.3 is 14.8 Å². The minimum absolute atomic E-state index is 0.245. The molecule has 6 heteroatoms. The van der Waals surface area contributed by atoms with Crippen LogP contribution in [0.3, 0.4) is 0 Å². The Bertz CT molecular complexity index is 805. The molecule has 2 N–H and O–H groups in total. The number of amides is 1. The van der Waals surface area contributed by atoms with Crippen LogP contribution in [0.1, 0.15) is 63.2 Å². The molecule has 2 aromatic carbocycles. The zero-order valence-corrected chi connectivity index (χ0v) is 19.6. The number of ether oxygens (including phenoxy) is 2. The summed E-state index contributed by atoms with van der Waals surface area (Å²) in [4.78, 5) is 12.4. The second-order valence-electron chi connectivity index (χ2n) is 7.92. The Morgan fingerprint density at radius 1 is 0.903 bits per heavy atom. The van der Waals surface area contributed by atoms with E-state index in [1.807, 2.05) is 24.3 Å². The summed E-state index contributed by atoms with van der Waals surface area (Å²) >= 11 is 5.26. The van der Waals surface area contributed by atoms with Gasteiger partial charge in [0.15, 0.2) is 5.11 Å². The highest BCUT2D eigenvalue weighted by Crippen LogP contribution is 2.17. The predicted molar refractivity (Wildman–Crippen MR) is 131 cm³/mol. The second kappa shape index (κ2) is 13.7. The third-order valence-corrected chi connectivity index (χ3v) is 4.76. The minimum Gasteiger partial charge on any atom is -0.494 e. The SMILES string of the molecule is CCCCCCCOc1ccc(NC(=S)NC(=O)c2ccc(OCC(C)C)cc2)cc1. The number of hydrogen-bond acceptors (Lipinski definition) is 4. The van der Waals surface area contributed by atoms with Crippen LogP contribution in [0.2, 0.25) is 0 Å². The lowest BCUT2D eigenvalue weighted by atomic mass is 10.2. The van der Waals surface area contributed by atoms with Gasteiger partial charge in [0.05, 0.1) is 13.2 Å². The van der Waals surface area contributed by atoms with Gasteiger partial charge in [-0.1, -0.05) is 46.5 Å². The van der Waals surface area contributed by atoms with Crippen LogP contribution in [-0.4, -0.2) is 24.2 Å². The van der Waals surface area contributed by atoms with Gasteiger partial charge in [0, 0.05) is 11.3 Å². The molecule has 0 heterocycles. The Hall–Kier alpha value is -2.60. The van der Waals surface area contributed by atoms with Gasteiger partial charge in [0.2, 0.25) is 0 Å². The zero-order valence-electron chi connectivity index (χ0n) is 18.8. The average Bonchev–Trinajstić information content (AvgIpc) is 2.76. The molecule has 2 aromatic rings. The monoisotopic (exact) mass is 442 g/mol. The van der Waals surface area contributed by atoms with Gasteiger partial charge in [-0.2, -0.15) is 0 Å². The zero-order chi connectivity index (χ0) is 22.5. The first-order chi connectivity index (χ1) is 15.0. The molecule has 0 fully saturated rings. The molecule has 168 valence electrons. The van der Waals surface area contributed by atoms with Crippen LogP contribution in [0.5, 0.6) is 11.5 Å². The first kappa shape index (κ1) is 24.7. The molecule has 0 aromatic heterocycles. The van der Waals surface area contributed by atoms with Gasteiger partial charge in [0.25, 0.3) is 5.91 Å². The molecule has 1 amide bonds. The van der Waals surface area contributed by atoms with E-state index in [9.17, 15) is 4.79 Å². The van der Waals surface area contributed by atoms with Crippen LogP contribution in [0.25, 0.3) is 0 Å². The van der Waals surface area contributed by atoms with Crippen LogP contribution in [0.15, 0.2) is 48.5 Å². The summed E-state index contributed by atoms with van der Waals surface area (Å²) in [6, 6.07) is 14.6. The fraction of sp³-hybridized carbons (Fsp3) is 0.440. The fourth-order valence-electron chi connectivity index (χ4n) is 2.83. The standard InChI is InChI=1S/C25H34N2O3S/c1-4-5-6-7-8-17-29-22-15-11-21(12-16-22)26-25(31)27-24(28)20-9-13-23(14-10-20)30-18-19(2)3/h9-16,19H,4-8,17-18H2,1-3H3,(H2,26,27,28,31). The Labute approximate surface area is 191 Å². The molecule has 0 atom stereocenters. The summed E-state index contributed by atoms with van der Waals surface area (Å²) < 4.78 is 11.4. The molecule has 0 saturated heterocycles. The predicted octanol–water partition coefficient (Wildman–Crippen LogP) is 6.20. The van der Waals surface area contributed by atoms with Crippen LogP contribution < -0.4 is 20.1 Å². The number of carbonyl (C=O) groups is 1. The maximum atomic E-state index is 12.4. The molecular weight excluding hydrogens is 408 g/mol. The van der Waals surface area contributed by atoms with Crippen molar-refractivity contribution in [2.45, 2.75) is 52.9 Å². The lowest BCUT2D eigenvalue weighted by Crippen LogP contribution is -2.34. The highest BCUT2D eigenvalue weighted by molar-refractivity contribution is 7.80. The molecule has 0 aliphatic carbocycles. The minimum atomic E-state index is -0.268. The fourth-order valence-corrected chi connectivity index (χ4v) is 3.04. The maximum Gasteiger partial charge on any atom is 0.257 e. The summed E-state index contributed by atoms with van der Waals surface area (Å²) in [6.07, 6.45) is 6.07. The number of thiocarbonyl (C=S) groups is 1. The van der Waals surface area contributed by atoms with Gasteiger partial charge in [0.1, 0.15) is 11.5 Å². The summed E-state index contributed by atoms with van der Waals surface area (Å²) in [7, 11) is 0. The molecule has 0 bridgehead atoms. The van der Waals surface area contributed by atoms with Crippen LogP contribution in [0.4, 0.5) is 5.69 Å². The largest absolute Gasteiger partial charge is 0.494 e. The van der Waals surface area contributed by atoms with Crippen LogP contribution >= 0.6 is 12.2 Å². The number of unbranched alkanes of at least 4 members (excludes halogenated alkanes) is 4. The van der Waals surface area contributed by atoms with Crippen molar-refractivity contribution >= 4 is 28.9 Å². The van der Waals surface area contributed by atoms with Crippen molar-refractivity contribution in [3.05, 3.63) is 54.1 Å². The second-order valence-corrected chi connectivity index (χ2v) is 8.33. The van der Waals surface area contributed by atoms with E-state index in [-0.39, 0.29) is 11.0 Å². The molecule has 0 unspecified atom stereocenters. The van der Waals surface area contributed by atoms with Gasteiger partial charge in [-0.15, -0.1) is 0 Å². The van der Waals surface area contributed by atoms with E-state index in [2.05, 4.69) is 31.4 Å². The Balaban J connectivity index is 1.74. The molecule has 2 rings (SSSR count). The normalized spacial score (nSPS) is 10.6. The van der Waals surface area contributed by atoms with Gasteiger partial charge in [-0.05, 0) is 73.1 Å². The van der Waals surface area contributed by atoms with Crippen molar-refractivity contribution in [1.82, 2.24) is 5.32 Å². The Morgan fingerprint density at radius 2 is 1.52 bits per heavy atom. The Kier molecular flexibility index (Phi) is 10.9. The van der Waals surface area contributed by atoms with E-state index in [1.54, 1.807) is 24.3 Å². The number of rotatable bonds is 12. The van der Waals surface area contributed by atoms with Crippen molar-refractivity contribution in [3.63, 3.8) is 0 Å². The number of nitrogens with one attached hydrogen (secondary N) is 2. The molecule has 0 spiro atoms. The third-order valence-electron chi connectivity index (χ3n) is 4.56. The van der Waals surface area contributed by atoms with Gasteiger partial charge >= 0.3 is 0 Å². The molecular formula is C25H34N2O3S. The van der Waals surface area contributed by atoms with Gasteiger partial charge in [-0.3, -0.25) is 10.1 Å². The summed E-state index contributed by atoms with van der Waals surface area (Å²) in [6.45, 7) is 7.76. The summed E-state index contributed by atoms with van der Waals surface area (Å²) in [5, 5.41) is 5.97. The summed E-state index contributed by atoms with van der Waals surface area (Å²) in [5.41, 5.74) is 1.31. The summed E-state index contributed by atoms with van der Waals surface area (Å²) in [5.74, 6) is 1.75. The Morgan fingerprint density at radius 3 is 2.16 bits per heavy atom. The molecule has 0 radical (unpaired) electrons. The van der Waals surface area contributed by atoms with E-state index >= 15 is 0 Å². The highest BCUT2D eigenvalue weighted by atomic mass is 32.1. The van der Waals surface area contributed by atoms with E-state index in [0.717, 1.165) is 30.2 Å². The number of hydrogen-bond donors (Lipinski definition) is 2. The van der Waals surface area contributed by atoms with Crippen molar-refractivity contribution in [1.29, 1.82) is 0 Å². The molecule has 0 saturated carbocycles. The lowest BCUT2D eigenvalue weighted by Gasteiger charge is -2.12. The third kappa shape index (κ3) is 9.83. The molecule has 0 aliphatic rings. The van der Waals surface area contributed by atoms with Crippen molar-refractivity contribution in [2.24, 2.45) is 5.92 Å². The molecule has 5 nitrogen and oxygen atoms in total. The average molecular weight is 443 g/mol. The smallest absolute Gasteiger partial charge is 0.257 e. The maximum absolute atomic E-state index is 12.4. The van der Waals surface area contributed by atoms with Crippen molar-refractivity contribution in [2.75, 3.05) is 18.5 Å². The first-order valence-corrected chi connectivity index (χ1v) is 11.5. The number of carbonyl (C=O) groups excluding carboxylic acids is 1. The quantitative estimate of drug-likeness (QED) is 0.303. The first-order valence-electron chi connectivity index (χ1n) is 11.1. The van der Waals surface area contributed by atoms with Crippen molar-refractivity contribution in [3.8, 4) is 11.5 Å². The van der Waals surface area contributed by atoms with E-state index in [1.165, 1.54) is 25.7 Å². The van der Waals surface area contributed by atoms with E-state index < -0.39 is 0 Å². The van der Waals surface area contributed by atoms with E-state index in [4.69, 9.17) is 21.7 Å².